The third-order valence-electron chi connectivity index (χ3n) is 5.21. The van der Waals surface area contributed by atoms with Crippen LogP contribution in [0.1, 0.15) is 49.7 Å². The van der Waals surface area contributed by atoms with Crippen molar-refractivity contribution in [3.8, 4) is 5.00 Å². The van der Waals surface area contributed by atoms with Gasteiger partial charge in [-0.2, -0.15) is 0 Å². The summed E-state index contributed by atoms with van der Waals surface area (Å²) in [6.07, 6.45) is 0.702. The van der Waals surface area contributed by atoms with Gasteiger partial charge in [-0.3, -0.25) is 14.2 Å². The summed E-state index contributed by atoms with van der Waals surface area (Å²) in [6.45, 7) is 1.56. The summed E-state index contributed by atoms with van der Waals surface area (Å²) in [5.74, 6) is -0.0666. The largest absolute Gasteiger partial charge is 0.388 e. The minimum Gasteiger partial charge on any atom is -0.388 e. The molecule has 0 radical (unpaired) electrons. The first-order valence-corrected chi connectivity index (χ1v) is 12.5. The number of carbonyl (C=O) groups excluding carboxylic acids is 2. The fourth-order valence-electron chi connectivity index (χ4n) is 3.43. The lowest BCUT2D eigenvalue weighted by molar-refractivity contribution is 0.0948. The fourth-order valence-corrected chi connectivity index (χ4v) is 5.08. The number of benzene rings is 2. The zero-order chi connectivity index (χ0) is 25.1. The molecule has 0 unspecified atom stereocenters. The Morgan fingerprint density at radius 2 is 1.71 bits per heavy atom. The van der Waals surface area contributed by atoms with Gasteiger partial charge in [0.15, 0.2) is 17.4 Å². The number of nitrogens with one attached hydrogen (secondary N) is 1. The van der Waals surface area contributed by atoms with Crippen molar-refractivity contribution in [1.29, 1.82) is 0 Å². The highest BCUT2D eigenvalue weighted by Crippen LogP contribution is 2.32. The summed E-state index contributed by atoms with van der Waals surface area (Å²) < 4.78 is 1.60. The molecule has 180 valence electrons. The third kappa shape index (κ3) is 5.27. The summed E-state index contributed by atoms with van der Waals surface area (Å²) in [5, 5.41) is 22.4. The maximum absolute atomic E-state index is 13.4. The van der Waals surface area contributed by atoms with Gasteiger partial charge in [0.25, 0.3) is 5.91 Å². The zero-order valence-corrected chi connectivity index (χ0v) is 21.5. The third-order valence-corrected chi connectivity index (χ3v) is 7.54. The number of aryl methyl sites for hydroxylation is 1. The smallest absolute Gasteiger partial charge is 0.251 e. The Balaban J connectivity index is 1.70. The lowest BCUT2D eigenvalue weighted by atomic mass is 10.0. The highest BCUT2D eigenvalue weighted by Gasteiger charge is 2.25. The van der Waals surface area contributed by atoms with Gasteiger partial charge >= 0.3 is 0 Å². The van der Waals surface area contributed by atoms with E-state index >= 15 is 0 Å². The SMILES string of the molecule is CCc1cc(C(=O)c2ccccc2Cl)c(-n2c(CO)nnc2CNC(=O)c2ccc(Cl)c(Cl)c2)s1. The number of carbonyl (C=O) groups is 2. The number of hydrogen-bond acceptors (Lipinski definition) is 6. The van der Waals surface area contributed by atoms with Crippen LogP contribution in [0, 0.1) is 0 Å². The predicted octanol–water partition coefficient (Wildman–Crippen LogP) is 5.50. The molecule has 0 atom stereocenters. The monoisotopic (exact) mass is 548 g/mol. The first kappa shape index (κ1) is 25.3. The van der Waals surface area contributed by atoms with Gasteiger partial charge in [-0.25, -0.2) is 0 Å². The van der Waals surface area contributed by atoms with Crippen LogP contribution in [0.4, 0.5) is 0 Å². The van der Waals surface area contributed by atoms with Gasteiger partial charge in [-0.1, -0.05) is 53.9 Å². The zero-order valence-electron chi connectivity index (χ0n) is 18.4. The number of rotatable bonds is 8. The molecule has 0 aliphatic rings. The predicted molar refractivity (Wildman–Crippen MR) is 137 cm³/mol. The second kappa shape index (κ2) is 10.9. The molecular formula is C24H19Cl3N4O3S. The number of aromatic nitrogens is 3. The molecule has 0 bridgehead atoms. The Morgan fingerprint density at radius 1 is 0.971 bits per heavy atom. The van der Waals surface area contributed by atoms with E-state index in [1.54, 1.807) is 34.9 Å². The van der Waals surface area contributed by atoms with E-state index in [4.69, 9.17) is 34.8 Å². The summed E-state index contributed by atoms with van der Waals surface area (Å²) >= 11 is 19.6. The van der Waals surface area contributed by atoms with Gasteiger partial charge in [-0.05, 0) is 42.8 Å². The van der Waals surface area contributed by atoms with E-state index in [1.165, 1.54) is 23.5 Å². The molecule has 0 saturated carbocycles. The van der Waals surface area contributed by atoms with E-state index in [2.05, 4.69) is 15.5 Å². The molecule has 2 aromatic heterocycles. The van der Waals surface area contributed by atoms with Gasteiger partial charge in [0.05, 0.1) is 27.2 Å². The van der Waals surface area contributed by atoms with Crippen molar-refractivity contribution in [1.82, 2.24) is 20.1 Å². The van der Waals surface area contributed by atoms with Crippen molar-refractivity contribution in [3.05, 3.63) is 96.8 Å². The molecule has 0 aliphatic heterocycles. The average molecular weight is 550 g/mol. The van der Waals surface area contributed by atoms with Crippen LogP contribution < -0.4 is 5.32 Å². The second-order valence-corrected chi connectivity index (χ2v) is 9.77. The lowest BCUT2D eigenvalue weighted by Gasteiger charge is -2.11. The molecular weight excluding hydrogens is 531 g/mol. The molecule has 2 aromatic carbocycles. The number of thiophene rings is 1. The van der Waals surface area contributed by atoms with Crippen LogP contribution in [0.25, 0.3) is 5.00 Å². The molecule has 1 amide bonds. The molecule has 4 rings (SSSR count). The molecule has 35 heavy (non-hydrogen) atoms. The van der Waals surface area contributed by atoms with Gasteiger partial charge < -0.3 is 10.4 Å². The standard InChI is InChI=1S/C24H19Cl3N4O3S/c1-2-14-10-16(22(33)15-5-3-4-6-17(15)25)24(35-14)31-20(29-30-21(31)12-32)11-28-23(34)13-7-8-18(26)19(27)9-13/h3-10,32H,2,11-12H2,1H3,(H,28,34). The van der Waals surface area contributed by atoms with Crippen molar-refractivity contribution in [2.45, 2.75) is 26.5 Å². The van der Waals surface area contributed by atoms with Gasteiger partial charge in [0, 0.05) is 16.0 Å². The number of nitrogens with zero attached hydrogens (tertiary/aromatic N) is 3. The van der Waals surface area contributed by atoms with E-state index in [0.29, 0.717) is 44.0 Å². The number of aliphatic hydroxyl groups excluding tert-OH is 1. The molecule has 0 fully saturated rings. The minimum absolute atomic E-state index is 0.00877. The normalized spacial score (nSPS) is 11.0. The van der Waals surface area contributed by atoms with Gasteiger partial charge in [0.1, 0.15) is 11.6 Å². The first-order chi connectivity index (χ1) is 16.8. The van der Waals surface area contributed by atoms with E-state index in [1.807, 2.05) is 13.0 Å². The van der Waals surface area contributed by atoms with Crippen molar-refractivity contribution >= 4 is 57.8 Å². The Morgan fingerprint density at radius 3 is 2.40 bits per heavy atom. The van der Waals surface area contributed by atoms with Crippen LogP contribution in [0.2, 0.25) is 15.1 Å². The van der Waals surface area contributed by atoms with Crippen LogP contribution >= 0.6 is 46.1 Å². The number of ketones is 1. The molecule has 7 nitrogen and oxygen atoms in total. The fraction of sp³-hybridized carbons (Fsp3) is 0.167. The summed E-state index contributed by atoms with van der Waals surface area (Å²) in [7, 11) is 0. The Hall–Kier alpha value is -2.75. The van der Waals surface area contributed by atoms with Crippen LogP contribution in [-0.4, -0.2) is 31.6 Å². The number of halogens is 3. The number of amides is 1. The van der Waals surface area contributed by atoms with E-state index in [-0.39, 0.29) is 23.2 Å². The maximum atomic E-state index is 13.4. The topological polar surface area (TPSA) is 97.1 Å². The van der Waals surface area contributed by atoms with E-state index < -0.39 is 12.5 Å². The van der Waals surface area contributed by atoms with Crippen LogP contribution in [0.15, 0.2) is 48.5 Å². The van der Waals surface area contributed by atoms with Gasteiger partial charge in [0.2, 0.25) is 0 Å². The molecule has 11 heteroatoms. The molecule has 2 N–H and O–H groups in total. The number of aliphatic hydroxyl groups is 1. The molecule has 2 heterocycles. The Kier molecular flexibility index (Phi) is 7.88. The summed E-state index contributed by atoms with van der Waals surface area (Å²) in [6, 6.07) is 13.2. The quantitative estimate of drug-likeness (QED) is 0.283. The van der Waals surface area contributed by atoms with Crippen LogP contribution in [-0.2, 0) is 19.6 Å². The molecule has 0 aliphatic carbocycles. The van der Waals surface area contributed by atoms with Crippen LogP contribution in [0.5, 0.6) is 0 Å². The Labute approximate surface area is 220 Å². The highest BCUT2D eigenvalue weighted by molar-refractivity contribution is 7.15. The van der Waals surface area contributed by atoms with Crippen LogP contribution in [0.3, 0.4) is 0 Å². The van der Waals surface area contributed by atoms with Gasteiger partial charge in [-0.15, -0.1) is 21.5 Å². The van der Waals surface area contributed by atoms with E-state index in [0.717, 1.165) is 4.88 Å². The maximum Gasteiger partial charge on any atom is 0.251 e. The first-order valence-electron chi connectivity index (χ1n) is 10.5. The second-order valence-electron chi connectivity index (χ2n) is 7.43. The van der Waals surface area contributed by atoms with Crippen molar-refractivity contribution < 1.29 is 14.7 Å². The molecule has 0 spiro atoms. The molecule has 4 aromatic rings. The number of hydrogen-bond donors (Lipinski definition) is 2. The van der Waals surface area contributed by atoms with E-state index in [9.17, 15) is 14.7 Å². The van der Waals surface area contributed by atoms with Crippen molar-refractivity contribution in [2.75, 3.05) is 0 Å². The minimum atomic E-state index is -0.410. The molecule has 0 saturated heterocycles. The summed E-state index contributed by atoms with van der Waals surface area (Å²) in [4.78, 5) is 27.1. The lowest BCUT2D eigenvalue weighted by Crippen LogP contribution is -2.25. The van der Waals surface area contributed by atoms with Crippen molar-refractivity contribution in [3.63, 3.8) is 0 Å². The van der Waals surface area contributed by atoms with Crippen molar-refractivity contribution in [2.24, 2.45) is 0 Å². The average Bonchev–Trinajstić information content (AvgIpc) is 3.47. The Bertz CT molecular complexity index is 1420. The summed E-state index contributed by atoms with van der Waals surface area (Å²) in [5.41, 5.74) is 1.10. The highest BCUT2D eigenvalue weighted by atomic mass is 35.5.